The summed E-state index contributed by atoms with van der Waals surface area (Å²) < 4.78 is 24.1. The maximum Gasteiger partial charge on any atom is 0.254 e. The van der Waals surface area contributed by atoms with Gasteiger partial charge in [-0.2, -0.15) is 0 Å². The average molecular weight is 411 g/mol. The molecule has 4 rings (SSSR count). The Kier molecular flexibility index (Phi) is 5.42. The fourth-order valence-corrected chi connectivity index (χ4v) is 4.24. The lowest BCUT2D eigenvalue weighted by Crippen LogP contribution is -2.30. The van der Waals surface area contributed by atoms with Crippen molar-refractivity contribution in [3.8, 4) is 17.2 Å². The minimum Gasteiger partial charge on any atom is -0.497 e. The molecular formula is C22H18FNO4S. The number of anilines is 1. The van der Waals surface area contributed by atoms with E-state index in [4.69, 9.17) is 9.47 Å². The number of nitrogens with one attached hydrogen (secondary N) is 1. The molecule has 5 nitrogen and oxygen atoms in total. The minimum absolute atomic E-state index is 0.339. The molecule has 0 aliphatic carbocycles. The molecule has 148 valence electrons. The standard InChI is InChI=1S/C22H18FNO4S/c1-27-15-6-2-13(3-7-15)21-20(25)22(26)24-18-11-10-17(12-19(18)29-21)28-16-8-4-14(23)5-9-16/h2-12,20-21,25H,1H3,(H,24,26). The number of thioether (sulfide) groups is 1. The summed E-state index contributed by atoms with van der Waals surface area (Å²) in [6.45, 7) is 0. The molecule has 2 unspecified atom stereocenters. The van der Waals surface area contributed by atoms with Crippen LogP contribution in [-0.2, 0) is 4.79 Å². The van der Waals surface area contributed by atoms with Crippen molar-refractivity contribution in [2.75, 3.05) is 12.4 Å². The SMILES string of the molecule is COc1ccc(C2Sc3cc(Oc4ccc(F)cc4)ccc3NC(=O)C2O)cc1. The summed E-state index contributed by atoms with van der Waals surface area (Å²) in [4.78, 5) is 13.2. The molecule has 29 heavy (non-hydrogen) atoms. The number of ether oxygens (including phenoxy) is 2. The Morgan fingerprint density at radius 3 is 2.31 bits per heavy atom. The summed E-state index contributed by atoms with van der Waals surface area (Å²) in [5, 5.41) is 12.8. The summed E-state index contributed by atoms with van der Waals surface area (Å²) >= 11 is 1.37. The number of hydrogen-bond donors (Lipinski definition) is 2. The van der Waals surface area contributed by atoms with Crippen molar-refractivity contribution in [2.24, 2.45) is 0 Å². The molecule has 1 amide bonds. The van der Waals surface area contributed by atoms with Crippen LogP contribution >= 0.6 is 11.8 Å². The van der Waals surface area contributed by atoms with Crippen LogP contribution in [0.1, 0.15) is 10.8 Å². The Bertz CT molecular complexity index is 1020. The summed E-state index contributed by atoms with van der Waals surface area (Å²) in [6.07, 6.45) is -1.22. The maximum absolute atomic E-state index is 13.1. The smallest absolute Gasteiger partial charge is 0.254 e. The quantitative estimate of drug-likeness (QED) is 0.647. The summed E-state index contributed by atoms with van der Waals surface area (Å²) in [7, 11) is 1.58. The van der Waals surface area contributed by atoms with Gasteiger partial charge in [0.25, 0.3) is 5.91 Å². The lowest BCUT2D eigenvalue weighted by atomic mass is 10.1. The zero-order valence-electron chi connectivity index (χ0n) is 15.5. The third-order valence-electron chi connectivity index (χ3n) is 4.51. The van der Waals surface area contributed by atoms with Crippen LogP contribution < -0.4 is 14.8 Å². The van der Waals surface area contributed by atoms with Gasteiger partial charge in [-0.15, -0.1) is 11.8 Å². The van der Waals surface area contributed by atoms with Gasteiger partial charge < -0.3 is 19.9 Å². The van der Waals surface area contributed by atoms with Gasteiger partial charge in [0, 0.05) is 4.90 Å². The molecule has 3 aromatic rings. The molecule has 3 aromatic carbocycles. The molecule has 1 aliphatic rings. The van der Waals surface area contributed by atoms with Crippen LogP contribution in [0.4, 0.5) is 10.1 Å². The predicted octanol–water partition coefficient (Wildman–Crippen LogP) is 4.77. The molecule has 0 fully saturated rings. The van der Waals surface area contributed by atoms with Crippen molar-refractivity contribution in [2.45, 2.75) is 16.2 Å². The van der Waals surface area contributed by atoms with Crippen molar-refractivity contribution >= 4 is 23.4 Å². The zero-order valence-corrected chi connectivity index (χ0v) is 16.3. The Labute approximate surface area is 171 Å². The molecule has 0 spiro atoms. The van der Waals surface area contributed by atoms with Gasteiger partial charge in [0.05, 0.1) is 18.0 Å². The first-order chi connectivity index (χ1) is 14.0. The van der Waals surface area contributed by atoms with Crippen molar-refractivity contribution < 1.29 is 23.8 Å². The lowest BCUT2D eigenvalue weighted by molar-refractivity contribution is -0.124. The van der Waals surface area contributed by atoms with Crippen LogP contribution in [0.25, 0.3) is 0 Å². The topological polar surface area (TPSA) is 67.8 Å². The van der Waals surface area contributed by atoms with Crippen molar-refractivity contribution in [1.82, 2.24) is 0 Å². The fourth-order valence-electron chi connectivity index (χ4n) is 2.99. The van der Waals surface area contributed by atoms with Crippen LogP contribution in [0.3, 0.4) is 0 Å². The molecule has 7 heteroatoms. The Morgan fingerprint density at radius 1 is 0.966 bits per heavy atom. The molecule has 0 bridgehead atoms. The van der Waals surface area contributed by atoms with E-state index in [9.17, 15) is 14.3 Å². The molecule has 0 saturated heterocycles. The average Bonchev–Trinajstić information content (AvgIpc) is 2.86. The first-order valence-corrected chi connectivity index (χ1v) is 9.78. The van der Waals surface area contributed by atoms with E-state index in [1.807, 2.05) is 12.1 Å². The largest absolute Gasteiger partial charge is 0.497 e. The number of rotatable bonds is 4. The fraction of sp³-hybridized carbons (Fsp3) is 0.136. The summed E-state index contributed by atoms with van der Waals surface area (Å²) in [5.74, 6) is 0.933. The van der Waals surface area contributed by atoms with E-state index in [2.05, 4.69) is 5.32 Å². The maximum atomic E-state index is 13.1. The Balaban J connectivity index is 1.64. The molecular weight excluding hydrogens is 393 g/mol. The van der Waals surface area contributed by atoms with Gasteiger partial charge in [0.15, 0.2) is 0 Å². The van der Waals surface area contributed by atoms with Gasteiger partial charge in [-0.05, 0) is 60.2 Å². The second-order valence-corrected chi connectivity index (χ2v) is 7.64. The number of halogens is 1. The number of aliphatic hydroxyl groups is 1. The van der Waals surface area contributed by atoms with Gasteiger partial charge in [0.2, 0.25) is 0 Å². The van der Waals surface area contributed by atoms with Gasteiger partial charge in [0.1, 0.15) is 29.2 Å². The third kappa shape index (κ3) is 4.21. The van der Waals surface area contributed by atoms with E-state index >= 15 is 0 Å². The van der Waals surface area contributed by atoms with Gasteiger partial charge in [-0.25, -0.2) is 4.39 Å². The minimum atomic E-state index is -1.22. The second-order valence-electron chi connectivity index (χ2n) is 6.46. The van der Waals surface area contributed by atoms with E-state index in [1.165, 1.54) is 23.9 Å². The molecule has 2 atom stereocenters. The number of amides is 1. The van der Waals surface area contributed by atoms with Crippen molar-refractivity contribution in [3.63, 3.8) is 0 Å². The predicted molar refractivity (Wildman–Crippen MR) is 109 cm³/mol. The number of fused-ring (bicyclic) bond motifs is 1. The number of carbonyl (C=O) groups is 1. The normalized spacial score (nSPS) is 18.4. The third-order valence-corrected chi connectivity index (χ3v) is 5.89. The molecule has 1 aliphatic heterocycles. The van der Waals surface area contributed by atoms with Crippen LogP contribution in [-0.4, -0.2) is 24.2 Å². The van der Waals surface area contributed by atoms with E-state index in [0.717, 1.165) is 10.5 Å². The van der Waals surface area contributed by atoms with E-state index in [-0.39, 0.29) is 5.82 Å². The number of benzene rings is 3. The van der Waals surface area contributed by atoms with Crippen molar-refractivity contribution in [3.05, 3.63) is 78.1 Å². The summed E-state index contributed by atoms with van der Waals surface area (Å²) in [6, 6.07) is 18.2. The molecule has 0 radical (unpaired) electrons. The van der Waals surface area contributed by atoms with Gasteiger partial charge in [-0.3, -0.25) is 4.79 Å². The summed E-state index contributed by atoms with van der Waals surface area (Å²) in [5.41, 5.74) is 1.40. The number of aliphatic hydroxyl groups excluding tert-OH is 1. The second kappa shape index (κ2) is 8.14. The van der Waals surface area contributed by atoms with E-state index in [1.54, 1.807) is 49.6 Å². The van der Waals surface area contributed by atoms with Crippen LogP contribution in [0.2, 0.25) is 0 Å². The zero-order chi connectivity index (χ0) is 20.4. The molecule has 0 saturated carbocycles. The Hall–Kier alpha value is -3.03. The highest BCUT2D eigenvalue weighted by atomic mass is 32.2. The molecule has 1 heterocycles. The highest BCUT2D eigenvalue weighted by Crippen LogP contribution is 2.45. The number of carbonyl (C=O) groups excluding carboxylic acids is 1. The highest BCUT2D eigenvalue weighted by Gasteiger charge is 2.33. The monoisotopic (exact) mass is 411 g/mol. The van der Waals surface area contributed by atoms with Crippen molar-refractivity contribution in [1.29, 1.82) is 0 Å². The number of hydrogen-bond acceptors (Lipinski definition) is 5. The van der Waals surface area contributed by atoms with Crippen LogP contribution in [0.15, 0.2) is 71.6 Å². The Morgan fingerprint density at radius 2 is 1.62 bits per heavy atom. The molecule has 0 aromatic heterocycles. The first-order valence-electron chi connectivity index (χ1n) is 8.90. The van der Waals surface area contributed by atoms with Crippen LogP contribution in [0, 0.1) is 5.82 Å². The molecule has 2 N–H and O–H groups in total. The lowest BCUT2D eigenvalue weighted by Gasteiger charge is -2.19. The van der Waals surface area contributed by atoms with Crippen LogP contribution in [0.5, 0.6) is 17.2 Å². The highest BCUT2D eigenvalue weighted by molar-refractivity contribution is 7.99. The number of methoxy groups -OCH3 is 1. The van der Waals surface area contributed by atoms with Gasteiger partial charge in [-0.1, -0.05) is 12.1 Å². The van der Waals surface area contributed by atoms with E-state index in [0.29, 0.717) is 22.9 Å². The van der Waals surface area contributed by atoms with E-state index < -0.39 is 17.3 Å². The first kappa shape index (κ1) is 19.3. The van der Waals surface area contributed by atoms with Gasteiger partial charge >= 0.3 is 0 Å².